The molecule has 21 heavy (non-hydrogen) atoms. The molecule has 0 aromatic heterocycles. The Morgan fingerprint density at radius 2 is 1.90 bits per heavy atom. The van der Waals surface area contributed by atoms with Gasteiger partial charge in [-0.25, -0.2) is 0 Å². The van der Waals surface area contributed by atoms with Gasteiger partial charge in [-0.2, -0.15) is 0 Å². The number of β-amino-alcohol motifs (C(OH)–C–C–N with tert-alkyl or cyclic N) is 1. The van der Waals surface area contributed by atoms with Crippen LogP contribution in [0.15, 0.2) is 18.2 Å². The summed E-state index contributed by atoms with van der Waals surface area (Å²) in [4.78, 5) is 4.77. The van der Waals surface area contributed by atoms with Crippen LogP contribution in [0.25, 0.3) is 0 Å². The summed E-state index contributed by atoms with van der Waals surface area (Å²) in [5.41, 5.74) is 4.06. The fraction of sp³-hybridized carbons (Fsp3) is 0.647. The van der Waals surface area contributed by atoms with E-state index < -0.39 is 0 Å². The van der Waals surface area contributed by atoms with E-state index in [0.717, 1.165) is 39.3 Å². The summed E-state index contributed by atoms with van der Waals surface area (Å²) in [5.74, 6) is 0. The van der Waals surface area contributed by atoms with E-state index in [0.29, 0.717) is 6.04 Å². The third-order valence-electron chi connectivity index (χ3n) is 4.18. The average molecular weight is 291 g/mol. The van der Waals surface area contributed by atoms with E-state index in [9.17, 15) is 0 Å². The van der Waals surface area contributed by atoms with Crippen molar-refractivity contribution < 1.29 is 5.11 Å². The van der Waals surface area contributed by atoms with Gasteiger partial charge in [-0.05, 0) is 30.2 Å². The fourth-order valence-corrected chi connectivity index (χ4v) is 2.76. The number of anilines is 1. The predicted octanol–water partition coefficient (Wildman–Crippen LogP) is 1.61. The standard InChI is InChI=1S/C17H29N3O/c1-14(2)18-13-16-4-5-17(12-15(16)3)20-8-6-19(7-9-20)10-11-21/h4-5,12,14,18,21H,6-11,13H2,1-3H3. The van der Waals surface area contributed by atoms with Gasteiger partial charge in [0.2, 0.25) is 0 Å². The van der Waals surface area contributed by atoms with Crippen molar-refractivity contribution in [3.63, 3.8) is 0 Å². The zero-order chi connectivity index (χ0) is 15.2. The first-order valence-electron chi connectivity index (χ1n) is 8.01. The first kappa shape index (κ1) is 16.3. The predicted molar refractivity (Wildman–Crippen MR) is 88.9 cm³/mol. The van der Waals surface area contributed by atoms with Crippen LogP contribution in [0, 0.1) is 6.92 Å². The Bertz CT molecular complexity index is 440. The molecule has 1 aromatic rings. The molecule has 1 heterocycles. The molecule has 4 nitrogen and oxygen atoms in total. The van der Waals surface area contributed by atoms with Crippen LogP contribution in [0.5, 0.6) is 0 Å². The molecule has 0 radical (unpaired) electrons. The summed E-state index contributed by atoms with van der Waals surface area (Å²) >= 11 is 0. The van der Waals surface area contributed by atoms with Crippen LogP contribution < -0.4 is 10.2 Å². The quantitative estimate of drug-likeness (QED) is 0.835. The van der Waals surface area contributed by atoms with Crippen molar-refractivity contribution >= 4 is 5.69 Å². The highest BCUT2D eigenvalue weighted by Gasteiger charge is 2.17. The molecule has 0 saturated carbocycles. The van der Waals surface area contributed by atoms with Gasteiger partial charge in [0.1, 0.15) is 0 Å². The summed E-state index contributed by atoms with van der Waals surface area (Å²) in [6.45, 7) is 12.7. The van der Waals surface area contributed by atoms with Crippen LogP contribution in [-0.2, 0) is 6.54 Å². The number of nitrogens with one attached hydrogen (secondary N) is 1. The third kappa shape index (κ3) is 4.70. The molecule has 1 aliphatic rings. The molecule has 0 bridgehead atoms. The van der Waals surface area contributed by atoms with Crippen LogP contribution in [0.1, 0.15) is 25.0 Å². The molecule has 2 N–H and O–H groups in total. The van der Waals surface area contributed by atoms with Crippen LogP contribution in [0.3, 0.4) is 0 Å². The van der Waals surface area contributed by atoms with Crippen molar-refractivity contribution in [1.29, 1.82) is 0 Å². The van der Waals surface area contributed by atoms with E-state index in [1.807, 2.05) is 0 Å². The molecule has 0 atom stereocenters. The molecule has 0 spiro atoms. The van der Waals surface area contributed by atoms with Crippen molar-refractivity contribution in [3.8, 4) is 0 Å². The Balaban J connectivity index is 1.94. The molecule has 1 aromatic carbocycles. The van der Waals surface area contributed by atoms with E-state index in [-0.39, 0.29) is 6.61 Å². The maximum atomic E-state index is 9.00. The number of aliphatic hydroxyl groups is 1. The highest BCUT2D eigenvalue weighted by Crippen LogP contribution is 2.20. The molecule has 118 valence electrons. The van der Waals surface area contributed by atoms with Gasteiger partial charge in [-0.15, -0.1) is 0 Å². The minimum atomic E-state index is 0.261. The lowest BCUT2D eigenvalue weighted by atomic mass is 10.1. The monoisotopic (exact) mass is 291 g/mol. The van der Waals surface area contributed by atoms with Crippen molar-refractivity contribution in [2.75, 3.05) is 44.2 Å². The Labute approximate surface area is 128 Å². The fourth-order valence-electron chi connectivity index (χ4n) is 2.76. The van der Waals surface area contributed by atoms with E-state index in [2.05, 4.69) is 54.1 Å². The number of piperazine rings is 1. The van der Waals surface area contributed by atoms with E-state index >= 15 is 0 Å². The Morgan fingerprint density at radius 3 is 2.48 bits per heavy atom. The van der Waals surface area contributed by atoms with Crippen molar-refractivity contribution in [1.82, 2.24) is 10.2 Å². The molecule has 0 unspecified atom stereocenters. The molecule has 1 aliphatic heterocycles. The van der Waals surface area contributed by atoms with E-state index in [1.165, 1.54) is 16.8 Å². The van der Waals surface area contributed by atoms with Crippen molar-refractivity contribution in [2.45, 2.75) is 33.4 Å². The van der Waals surface area contributed by atoms with Gasteiger partial charge >= 0.3 is 0 Å². The SMILES string of the molecule is Cc1cc(N2CCN(CCO)CC2)ccc1CNC(C)C. The molecular weight excluding hydrogens is 262 g/mol. The zero-order valence-electron chi connectivity index (χ0n) is 13.6. The van der Waals surface area contributed by atoms with Crippen LogP contribution >= 0.6 is 0 Å². The van der Waals surface area contributed by atoms with Gasteiger partial charge in [0, 0.05) is 51.0 Å². The minimum Gasteiger partial charge on any atom is -0.395 e. The average Bonchev–Trinajstić information content (AvgIpc) is 2.47. The molecule has 2 rings (SSSR count). The number of aryl methyl sites for hydroxylation is 1. The summed E-state index contributed by atoms with van der Waals surface area (Å²) in [7, 11) is 0. The Morgan fingerprint density at radius 1 is 1.19 bits per heavy atom. The number of rotatable bonds is 6. The summed E-state index contributed by atoms with van der Waals surface area (Å²) in [5, 5.41) is 12.5. The first-order valence-corrected chi connectivity index (χ1v) is 8.01. The van der Waals surface area contributed by atoms with Gasteiger partial charge in [0.25, 0.3) is 0 Å². The van der Waals surface area contributed by atoms with Gasteiger partial charge in [-0.1, -0.05) is 19.9 Å². The third-order valence-corrected chi connectivity index (χ3v) is 4.18. The number of nitrogens with zero attached hydrogens (tertiary/aromatic N) is 2. The second kappa shape index (κ2) is 7.78. The Hall–Kier alpha value is -1.10. The van der Waals surface area contributed by atoms with Crippen LogP contribution in [0.2, 0.25) is 0 Å². The largest absolute Gasteiger partial charge is 0.395 e. The molecular formula is C17H29N3O. The summed E-state index contributed by atoms with van der Waals surface area (Å²) in [6.07, 6.45) is 0. The van der Waals surface area contributed by atoms with Gasteiger partial charge in [0.15, 0.2) is 0 Å². The highest BCUT2D eigenvalue weighted by atomic mass is 16.3. The number of hydrogen-bond acceptors (Lipinski definition) is 4. The van der Waals surface area contributed by atoms with Crippen molar-refractivity contribution in [2.24, 2.45) is 0 Å². The smallest absolute Gasteiger partial charge is 0.0558 e. The molecule has 4 heteroatoms. The maximum Gasteiger partial charge on any atom is 0.0558 e. The molecule has 0 amide bonds. The van der Waals surface area contributed by atoms with Gasteiger partial charge in [-0.3, -0.25) is 4.90 Å². The minimum absolute atomic E-state index is 0.261. The normalized spacial score (nSPS) is 16.7. The molecule has 1 saturated heterocycles. The van der Waals surface area contributed by atoms with Gasteiger partial charge < -0.3 is 15.3 Å². The van der Waals surface area contributed by atoms with Gasteiger partial charge in [0.05, 0.1) is 6.61 Å². The number of hydrogen-bond donors (Lipinski definition) is 2. The lowest BCUT2D eigenvalue weighted by Gasteiger charge is -2.36. The summed E-state index contributed by atoms with van der Waals surface area (Å²) in [6, 6.07) is 7.31. The molecule has 0 aliphatic carbocycles. The number of aliphatic hydroxyl groups excluding tert-OH is 1. The maximum absolute atomic E-state index is 9.00. The second-order valence-corrected chi connectivity index (χ2v) is 6.20. The topological polar surface area (TPSA) is 38.7 Å². The first-order chi connectivity index (χ1) is 10.1. The lowest BCUT2D eigenvalue weighted by Crippen LogP contribution is -2.47. The van der Waals surface area contributed by atoms with Crippen LogP contribution in [-0.4, -0.2) is 55.4 Å². The van der Waals surface area contributed by atoms with Crippen molar-refractivity contribution in [3.05, 3.63) is 29.3 Å². The lowest BCUT2D eigenvalue weighted by molar-refractivity contribution is 0.189. The van der Waals surface area contributed by atoms with E-state index in [4.69, 9.17) is 5.11 Å². The van der Waals surface area contributed by atoms with E-state index in [1.54, 1.807) is 0 Å². The number of benzene rings is 1. The Kier molecular flexibility index (Phi) is 6.03. The second-order valence-electron chi connectivity index (χ2n) is 6.20. The zero-order valence-corrected chi connectivity index (χ0v) is 13.6. The summed E-state index contributed by atoms with van der Waals surface area (Å²) < 4.78 is 0. The molecule has 1 fully saturated rings. The van der Waals surface area contributed by atoms with Crippen LogP contribution in [0.4, 0.5) is 5.69 Å². The highest BCUT2D eigenvalue weighted by molar-refractivity contribution is 5.51.